The van der Waals surface area contributed by atoms with Crippen LogP contribution in [0.4, 0.5) is 4.39 Å². The van der Waals surface area contributed by atoms with E-state index in [2.05, 4.69) is 5.32 Å². The number of carbonyl (C=O) groups excluding carboxylic acids is 1. The van der Waals surface area contributed by atoms with Crippen molar-refractivity contribution in [1.29, 1.82) is 0 Å². The zero-order chi connectivity index (χ0) is 16.2. The average Bonchev–Trinajstić information content (AvgIpc) is 2.46. The molecule has 0 saturated heterocycles. The summed E-state index contributed by atoms with van der Waals surface area (Å²) in [5, 5.41) is 12.1. The number of rotatable bonds is 5. The number of carbonyl (C=O) groups is 2. The quantitative estimate of drug-likeness (QED) is 0.875. The number of halogens is 1. The van der Waals surface area contributed by atoms with Crippen LogP contribution < -0.4 is 10.1 Å². The van der Waals surface area contributed by atoms with Crippen LogP contribution in [0, 0.1) is 11.7 Å². The molecule has 1 fully saturated rings. The van der Waals surface area contributed by atoms with Crippen LogP contribution in [0.5, 0.6) is 5.75 Å². The van der Waals surface area contributed by atoms with Crippen LogP contribution in [0.3, 0.4) is 0 Å². The Morgan fingerprint density at radius 3 is 2.68 bits per heavy atom. The Hall–Kier alpha value is -2.11. The third-order valence-electron chi connectivity index (χ3n) is 4.11. The molecule has 1 saturated carbocycles. The smallest absolute Gasteiger partial charge is 0.308 e. The molecule has 1 aliphatic carbocycles. The lowest BCUT2D eigenvalue weighted by Crippen LogP contribution is -2.56. The second-order valence-corrected chi connectivity index (χ2v) is 5.84. The predicted octanol–water partition coefficient (Wildman–Crippen LogP) is 2.35. The van der Waals surface area contributed by atoms with Gasteiger partial charge in [0.25, 0.3) is 5.91 Å². The predicted molar refractivity (Wildman–Crippen MR) is 78.0 cm³/mol. The molecule has 22 heavy (non-hydrogen) atoms. The lowest BCUT2D eigenvalue weighted by atomic mass is 9.74. The fourth-order valence-corrected chi connectivity index (χ4v) is 2.91. The number of aliphatic carboxylic acids is 1. The summed E-state index contributed by atoms with van der Waals surface area (Å²) in [6, 6.07) is 5.36. The maximum Gasteiger partial charge on any atom is 0.308 e. The molecule has 0 radical (unpaired) electrons. The Morgan fingerprint density at radius 2 is 2.05 bits per heavy atom. The molecule has 0 spiro atoms. The van der Waals surface area contributed by atoms with Crippen molar-refractivity contribution in [3.05, 3.63) is 30.1 Å². The molecule has 1 aliphatic rings. The van der Waals surface area contributed by atoms with Crippen molar-refractivity contribution in [3.63, 3.8) is 0 Å². The molecule has 1 amide bonds. The van der Waals surface area contributed by atoms with Crippen molar-refractivity contribution in [1.82, 2.24) is 5.32 Å². The number of carboxylic acid groups (broad SMARTS) is 1. The number of benzene rings is 1. The van der Waals surface area contributed by atoms with Gasteiger partial charge in [-0.3, -0.25) is 9.59 Å². The third-order valence-corrected chi connectivity index (χ3v) is 4.11. The minimum atomic E-state index is -0.887. The molecule has 1 aromatic rings. The summed E-state index contributed by atoms with van der Waals surface area (Å²) in [4.78, 5) is 23.4. The number of amides is 1. The van der Waals surface area contributed by atoms with Gasteiger partial charge in [-0.25, -0.2) is 4.39 Å². The number of ether oxygens (including phenoxy) is 1. The van der Waals surface area contributed by atoms with Gasteiger partial charge in [-0.2, -0.15) is 0 Å². The first-order chi connectivity index (χ1) is 10.4. The van der Waals surface area contributed by atoms with Crippen molar-refractivity contribution in [2.45, 2.75) is 38.1 Å². The molecule has 2 atom stereocenters. The topological polar surface area (TPSA) is 75.6 Å². The number of hydrogen-bond acceptors (Lipinski definition) is 3. The summed E-state index contributed by atoms with van der Waals surface area (Å²) in [5.41, 5.74) is -0.757. The number of carboxylic acids is 1. The highest BCUT2D eigenvalue weighted by Gasteiger charge is 2.42. The van der Waals surface area contributed by atoms with Gasteiger partial charge < -0.3 is 15.2 Å². The monoisotopic (exact) mass is 309 g/mol. The van der Waals surface area contributed by atoms with E-state index in [0.717, 1.165) is 12.8 Å². The second-order valence-electron chi connectivity index (χ2n) is 5.84. The lowest BCUT2D eigenvalue weighted by Gasteiger charge is -2.39. The summed E-state index contributed by atoms with van der Waals surface area (Å²) >= 11 is 0. The SMILES string of the molecule is CC1(NC(=O)COc2ccc(F)cc2)CCCCC1C(=O)O. The molecule has 2 unspecified atom stereocenters. The fourth-order valence-electron chi connectivity index (χ4n) is 2.91. The van der Waals surface area contributed by atoms with Gasteiger partial charge in [-0.1, -0.05) is 12.8 Å². The van der Waals surface area contributed by atoms with Crippen LogP contribution >= 0.6 is 0 Å². The van der Waals surface area contributed by atoms with Crippen LogP contribution in [0.2, 0.25) is 0 Å². The molecule has 2 N–H and O–H groups in total. The lowest BCUT2D eigenvalue weighted by molar-refractivity contribution is -0.146. The highest BCUT2D eigenvalue weighted by Crippen LogP contribution is 2.33. The van der Waals surface area contributed by atoms with Gasteiger partial charge in [0, 0.05) is 0 Å². The highest BCUT2D eigenvalue weighted by molar-refractivity contribution is 5.80. The van der Waals surface area contributed by atoms with Crippen molar-refractivity contribution in [2.75, 3.05) is 6.61 Å². The number of nitrogens with one attached hydrogen (secondary N) is 1. The normalized spacial score (nSPS) is 24.5. The van der Waals surface area contributed by atoms with Gasteiger partial charge in [-0.05, 0) is 44.0 Å². The van der Waals surface area contributed by atoms with Crippen LogP contribution in [0.25, 0.3) is 0 Å². The van der Waals surface area contributed by atoms with E-state index in [1.165, 1.54) is 24.3 Å². The molecule has 0 aliphatic heterocycles. The molecule has 5 nitrogen and oxygen atoms in total. The molecule has 1 aromatic carbocycles. The summed E-state index contributed by atoms with van der Waals surface area (Å²) in [5.74, 6) is -1.84. The summed E-state index contributed by atoms with van der Waals surface area (Å²) in [6.45, 7) is 1.54. The summed E-state index contributed by atoms with van der Waals surface area (Å²) in [6.07, 6.45) is 2.94. The standard InChI is InChI=1S/C16H20FNO4/c1-16(9-3-2-4-13(16)15(20)21)18-14(19)10-22-12-7-5-11(17)6-8-12/h5-8,13H,2-4,9-10H2,1H3,(H,18,19)(H,20,21). The summed E-state index contributed by atoms with van der Waals surface area (Å²) in [7, 11) is 0. The first-order valence-corrected chi connectivity index (χ1v) is 7.33. The Kier molecular flexibility index (Phi) is 5.00. The molecular weight excluding hydrogens is 289 g/mol. The molecule has 0 aromatic heterocycles. The third kappa shape index (κ3) is 3.96. The Labute approximate surface area is 128 Å². The highest BCUT2D eigenvalue weighted by atomic mass is 19.1. The van der Waals surface area contributed by atoms with Gasteiger partial charge in [0.1, 0.15) is 11.6 Å². The van der Waals surface area contributed by atoms with Gasteiger partial charge >= 0.3 is 5.97 Å². The van der Waals surface area contributed by atoms with Gasteiger partial charge in [0.05, 0.1) is 11.5 Å². The Balaban J connectivity index is 1.92. The Bertz CT molecular complexity index is 546. The zero-order valence-corrected chi connectivity index (χ0v) is 12.5. The van der Waals surface area contributed by atoms with Crippen molar-refractivity contribution >= 4 is 11.9 Å². The average molecular weight is 309 g/mol. The first kappa shape index (κ1) is 16.3. The fraction of sp³-hybridized carbons (Fsp3) is 0.500. The minimum Gasteiger partial charge on any atom is -0.484 e. The van der Waals surface area contributed by atoms with Crippen LogP contribution in [-0.2, 0) is 9.59 Å². The van der Waals surface area contributed by atoms with E-state index in [4.69, 9.17) is 4.74 Å². The minimum absolute atomic E-state index is 0.229. The van der Waals surface area contributed by atoms with E-state index in [9.17, 15) is 19.1 Å². The van der Waals surface area contributed by atoms with Gasteiger partial charge in [0.15, 0.2) is 6.61 Å². The van der Waals surface area contributed by atoms with Gasteiger partial charge in [-0.15, -0.1) is 0 Å². The molecular formula is C16H20FNO4. The van der Waals surface area contributed by atoms with E-state index >= 15 is 0 Å². The van der Waals surface area contributed by atoms with Crippen molar-refractivity contribution in [2.24, 2.45) is 5.92 Å². The zero-order valence-electron chi connectivity index (χ0n) is 12.5. The maximum absolute atomic E-state index is 12.8. The van der Waals surface area contributed by atoms with Crippen molar-refractivity contribution < 1.29 is 23.8 Å². The maximum atomic E-state index is 12.8. The van der Waals surface area contributed by atoms with Crippen LogP contribution in [0.15, 0.2) is 24.3 Å². The second kappa shape index (κ2) is 6.77. The van der Waals surface area contributed by atoms with E-state index in [1.54, 1.807) is 6.92 Å². The van der Waals surface area contributed by atoms with Crippen molar-refractivity contribution in [3.8, 4) is 5.75 Å². The van der Waals surface area contributed by atoms with Gasteiger partial charge in [0.2, 0.25) is 0 Å². The summed E-state index contributed by atoms with van der Waals surface area (Å²) < 4.78 is 18.1. The number of hydrogen-bond donors (Lipinski definition) is 2. The molecule has 0 bridgehead atoms. The van der Waals surface area contributed by atoms with E-state index in [1.807, 2.05) is 0 Å². The van der Waals surface area contributed by atoms with Crippen LogP contribution in [-0.4, -0.2) is 29.1 Å². The van der Waals surface area contributed by atoms with E-state index < -0.39 is 17.4 Å². The molecule has 2 rings (SSSR count). The van der Waals surface area contributed by atoms with E-state index in [0.29, 0.717) is 18.6 Å². The largest absolute Gasteiger partial charge is 0.484 e. The first-order valence-electron chi connectivity index (χ1n) is 7.33. The molecule has 6 heteroatoms. The van der Waals surface area contributed by atoms with Crippen LogP contribution in [0.1, 0.15) is 32.6 Å². The molecule has 0 heterocycles. The Morgan fingerprint density at radius 1 is 1.36 bits per heavy atom. The van der Waals surface area contributed by atoms with E-state index in [-0.39, 0.29) is 18.3 Å². The molecule has 120 valence electrons.